The maximum absolute atomic E-state index is 6.15. The molecule has 0 aliphatic carbocycles. The van der Waals surface area contributed by atoms with Crippen molar-refractivity contribution in [2.45, 2.75) is 377 Å². The molecule has 0 saturated carbocycles. The van der Waals surface area contributed by atoms with E-state index in [0.29, 0.717) is 38.1 Å². The van der Waals surface area contributed by atoms with Gasteiger partial charge in [-0.05, 0) is 121 Å². The van der Waals surface area contributed by atoms with Crippen molar-refractivity contribution in [3.63, 3.8) is 0 Å². The molecule has 0 saturated heterocycles. The van der Waals surface area contributed by atoms with Crippen molar-refractivity contribution in [3.8, 4) is 22.6 Å². The molecule has 2 aromatic carbocycles. The van der Waals surface area contributed by atoms with E-state index in [-0.39, 0.29) is 12.2 Å². The maximum Gasteiger partial charge on any atom is 0.119 e. The number of hydrogen-bond donors (Lipinski definition) is 2. The molecule has 0 radical (unpaired) electrons. The van der Waals surface area contributed by atoms with E-state index in [2.05, 4.69) is 118 Å². The average Bonchev–Trinajstić information content (AvgIpc) is 1.10. The fraction of sp³-hybridized carbons (Fsp3) is 0.864. The number of rotatable bonds is 73. The predicted octanol–water partition coefficient (Wildman–Crippen LogP) is 25.9. The van der Waals surface area contributed by atoms with Crippen LogP contribution in [-0.4, -0.2) is 78.2 Å². The molecule has 0 heterocycles. The second-order valence-electron chi connectivity index (χ2n) is 32.1. The highest BCUT2D eigenvalue weighted by molar-refractivity contribution is 5.64. The van der Waals surface area contributed by atoms with Crippen molar-refractivity contribution in [1.29, 1.82) is 0 Å². The highest BCUT2D eigenvalue weighted by atomic mass is 16.5. The zero-order valence-electron chi connectivity index (χ0n) is 65.6. The molecule has 8 atom stereocenters. The van der Waals surface area contributed by atoms with Gasteiger partial charge in [0.1, 0.15) is 11.5 Å². The first-order valence-electron chi connectivity index (χ1n) is 42.0. The summed E-state index contributed by atoms with van der Waals surface area (Å²) in [7, 11) is 0. The maximum atomic E-state index is 6.15. The molecule has 0 spiro atoms. The predicted molar refractivity (Wildman–Crippen MR) is 419 cm³/mol. The van der Waals surface area contributed by atoms with Crippen LogP contribution in [0.5, 0.6) is 11.5 Å². The SMILES string of the molecule is CC(C)CCCC(C)CCCC(C)CCCC(C)CCOC(CN)COCCCCCCCCCCCCCCCOc1ccc(-c2ccc(OCCCCCCCCCCCCCCCOCC(CN)OCCC(C)CCCC(C)CCCC(C)CCCC(C)C)cc2)cc1. The summed E-state index contributed by atoms with van der Waals surface area (Å²) in [5.41, 5.74) is 14.5. The number of hydrogen-bond acceptors (Lipinski definition) is 8. The molecule has 0 fully saturated rings. The van der Waals surface area contributed by atoms with E-state index >= 15 is 0 Å². The Morgan fingerprint density at radius 3 is 0.698 bits per heavy atom. The molecule has 8 nitrogen and oxygen atoms in total. The minimum atomic E-state index is 0.0261. The van der Waals surface area contributed by atoms with E-state index in [1.54, 1.807) is 0 Å². The van der Waals surface area contributed by atoms with Gasteiger partial charge in [-0.25, -0.2) is 0 Å². The van der Waals surface area contributed by atoms with Crippen molar-refractivity contribution < 1.29 is 28.4 Å². The summed E-state index contributed by atoms with van der Waals surface area (Å²) in [4.78, 5) is 0. The normalized spacial score (nSPS) is 14.5. The summed E-state index contributed by atoms with van der Waals surface area (Å²) in [5, 5.41) is 0. The van der Waals surface area contributed by atoms with Crippen molar-refractivity contribution in [1.82, 2.24) is 0 Å². The molecule has 0 aliphatic rings. The molecule has 4 N–H and O–H groups in total. The summed E-state index contributed by atoms with van der Waals surface area (Å²) >= 11 is 0. The quantitative estimate of drug-likeness (QED) is 0.0631. The lowest BCUT2D eigenvalue weighted by molar-refractivity contribution is -0.0163. The van der Waals surface area contributed by atoms with Crippen LogP contribution >= 0.6 is 0 Å². The molecule has 2 rings (SSSR count). The lowest BCUT2D eigenvalue weighted by Gasteiger charge is -2.19. The topological polar surface area (TPSA) is 107 Å². The minimum absolute atomic E-state index is 0.0261. The van der Waals surface area contributed by atoms with Crippen LogP contribution in [0.2, 0.25) is 0 Å². The monoisotopic (exact) mass is 1350 g/mol. The molecule has 0 aliphatic heterocycles. The van der Waals surface area contributed by atoms with Crippen molar-refractivity contribution >= 4 is 0 Å². The van der Waals surface area contributed by atoms with Gasteiger partial charge >= 0.3 is 0 Å². The van der Waals surface area contributed by atoms with Gasteiger partial charge in [-0.3, -0.25) is 0 Å². The van der Waals surface area contributed by atoms with Gasteiger partial charge < -0.3 is 39.9 Å². The summed E-state index contributed by atoms with van der Waals surface area (Å²) in [6, 6.07) is 17.2. The van der Waals surface area contributed by atoms with Crippen LogP contribution in [0, 0.1) is 47.3 Å². The number of nitrogens with two attached hydrogens (primary N) is 2. The molecule has 0 aromatic heterocycles. The highest BCUT2D eigenvalue weighted by Crippen LogP contribution is 2.28. The lowest BCUT2D eigenvalue weighted by Crippen LogP contribution is -2.29. The summed E-state index contributed by atoms with van der Waals surface area (Å²) in [5.74, 6) is 8.53. The van der Waals surface area contributed by atoms with Gasteiger partial charge in [0.05, 0.1) is 38.6 Å². The van der Waals surface area contributed by atoms with E-state index in [4.69, 9.17) is 39.9 Å². The van der Waals surface area contributed by atoms with Crippen LogP contribution in [0.25, 0.3) is 11.1 Å². The van der Waals surface area contributed by atoms with Gasteiger partial charge in [0.15, 0.2) is 0 Å². The molecular formula is C88H164N2O6. The Morgan fingerprint density at radius 1 is 0.240 bits per heavy atom. The van der Waals surface area contributed by atoms with Crippen molar-refractivity contribution in [2.24, 2.45) is 58.8 Å². The van der Waals surface area contributed by atoms with Gasteiger partial charge in [0, 0.05) is 39.5 Å². The van der Waals surface area contributed by atoms with Crippen LogP contribution < -0.4 is 20.9 Å². The zero-order chi connectivity index (χ0) is 69.6. The number of ether oxygens (including phenoxy) is 6. The molecule has 96 heavy (non-hydrogen) atoms. The van der Waals surface area contributed by atoms with E-state index in [1.807, 2.05) is 0 Å². The Kier molecular flexibility index (Phi) is 60.7. The summed E-state index contributed by atoms with van der Waals surface area (Å²) < 4.78 is 36.5. The molecule has 562 valence electrons. The van der Waals surface area contributed by atoms with E-state index in [0.717, 1.165) is 125 Å². The first kappa shape index (κ1) is 89.9. The zero-order valence-corrected chi connectivity index (χ0v) is 65.6. The largest absolute Gasteiger partial charge is 0.494 e. The third-order valence-corrected chi connectivity index (χ3v) is 21.0. The Morgan fingerprint density at radius 2 is 0.458 bits per heavy atom. The van der Waals surface area contributed by atoms with Gasteiger partial charge in [-0.2, -0.15) is 0 Å². The summed E-state index contributed by atoms with van der Waals surface area (Å²) in [6.45, 7) is 31.2. The van der Waals surface area contributed by atoms with Crippen molar-refractivity contribution in [3.05, 3.63) is 48.5 Å². The third-order valence-electron chi connectivity index (χ3n) is 21.0. The number of unbranched alkanes of at least 4 members (excludes halogenated alkanes) is 24. The molecule has 2 aromatic rings. The second-order valence-corrected chi connectivity index (χ2v) is 32.1. The van der Waals surface area contributed by atoms with Crippen LogP contribution in [-0.2, 0) is 18.9 Å². The van der Waals surface area contributed by atoms with Crippen LogP contribution in [0.3, 0.4) is 0 Å². The van der Waals surface area contributed by atoms with Gasteiger partial charge in [-0.1, -0.05) is 350 Å². The van der Waals surface area contributed by atoms with E-state index < -0.39 is 0 Å². The van der Waals surface area contributed by atoms with Crippen LogP contribution in [0.1, 0.15) is 365 Å². The Labute approximate surface area is 598 Å². The Balaban J connectivity index is 1.31. The first-order chi connectivity index (χ1) is 46.8. The molecule has 0 amide bonds. The molecule has 8 heteroatoms. The fourth-order valence-electron chi connectivity index (χ4n) is 13.9. The average molecular weight is 1350 g/mol. The van der Waals surface area contributed by atoms with Crippen molar-refractivity contribution in [2.75, 3.05) is 65.9 Å². The van der Waals surface area contributed by atoms with E-state index in [9.17, 15) is 0 Å². The van der Waals surface area contributed by atoms with Crippen LogP contribution in [0.15, 0.2) is 48.5 Å². The van der Waals surface area contributed by atoms with Gasteiger partial charge in [0.2, 0.25) is 0 Å². The minimum Gasteiger partial charge on any atom is -0.494 e. The standard InChI is InChI=1S/C88H164N2O6/c1-75(2)43-37-45-77(5)47-39-49-79(7)51-41-53-81(9)63-69-95-87(71-89)73-91-65-33-29-25-21-17-13-11-15-19-23-27-31-35-67-93-85-59-55-83(56-60-85)84-57-61-86(62-58-84)94-68-36-32-28-24-20-16-12-14-18-22-26-30-34-66-92-74-88(72-90)96-70-64-82(10)54-42-52-80(8)50-40-48-78(6)46-38-44-76(3)4/h55-62,75-82,87-88H,11-54,63-74,89-90H2,1-10H3. The van der Waals surface area contributed by atoms with Gasteiger partial charge in [-0.15, -0.1) is 0 Å². The first-order valence-corrected chi connectivity index (χ1v) is 42.0. The molecule has 8 unspecified atom stereocenters. The van der Waals surface area contributed by atoms with Crippen LogP contribution in [0.4, 0.5) is 0 Å². The fourth-order valence-corrected chi connectivity index (χ4v) is 13.9. The number of benzene rings is 2. The Hall–Kier alpha value is -2.20. The smallest absolute Gasteiger partial charge is 0.119 e. The lowest BCUT2D eigenvalue weighted by atomic mass is 9.91. The summed E-state index contributed by atoms with van der Waals surface area (Å²) in [6.07, 6.45) is 61.1. The second kappa shape index (κ2) is 64.9. The van der Waals surface area contributed by atoms with Gasteiger partial charge in [0.25, 0.3) is 0 Å². The Bertz CT molecular complexity index is 1760. The van der Waals surface area contributed by atoms with E-state index in [1.165, 1.54) is 268 Å². The molecular weight excluding hydrogens is 1180 g/mol. The molecule has 0 bridgehead atoms. The highest BCUT2D eigenvalue weighted by Gasteiger charge is 2.14. The third kappa shape index (κ3) is 56.4.